The second-order valence-corrected chi connectivity index (χ2v) is 8.85. The van der Waals surface area contributed by atoms with E-state index in [0.717, 1.165) is 28.1 Å². The third-order valence-corrected chi connectivity index (χ3v) is 6.02. The van der Waals surface area contributed by atoms with Crippen LogP contribution in [0, 0.1) is 0 Å². The van der Waals surface area contributed by atoms with Crippen LogP contribution in [0.5, 0.6) is 11.5 Å². The van der Waals surface area contributed by atoms with E-state index in [1.54, 1.807) is 43.0 Å². The summed E-state index contributed by atoms with van der Waals surface area (Å²) < 4.78 is 16.5. The zero-order chi connectivity index (χ0) is 27.9. The second-order valence-electron chi connectivity index (χ2n) is 8.85. The van der Waals surface area contributed by atoms with Gasteiger partial charge in [0.2, 0.25) is 0 Å². The highest BCUT2D eigenvalue weighted by Crippen LogP contribution is 2.34. The van der Waals surface area contributed by atoms with E-state index in [9.17, 15) is 5.11 Å². The van der Waals surface area contributed by atoms with Crippen LogP contribution in [0.15, 0.2) is 125 Å². The Bertz CT molecular complexity index is 1860. The van der Waals surface area contributed by atoms with Gasteiger partial charge in [-0.3, -0.25) is 9.97 Å². The van der Waals surface area contributed by atoms with Gasteiger partial charge in [0.25, 0.3) is 0 Å². The molecule has 10 nitrogen and oxygen atoms in total. The molecule has 0 amide bonds. The molecule has 4 aromatic heterocycles. The molecule has 202 valence electrons. The van der Waals surface area contributed by atoms with E-state index in [1.165, 1.54) is 0 Å². The summed E-state index contributed by atoms with van der Waals surface area (Å²) in [4.78, 5) is 8.08. The summed E-state index contributed by atoms with van der Waals surface area (Å²) in [6.07, 6.45) is 6.80. The van der Waals surface area contributed by atoms with Gasteiger partial charge in [0.1, 0.15) is 28.9 Å². The van der Waals surface area contributed by atoms with Crippen molar-refractivity contribution in [2.24, 2.45) is 0 Å². The first-order valence-corrected chi connectivity index (χ1v) is 12.7. The van der Waals surface area contributed by atoms with Crippen molar-refractivity contribution in [1.29, 1.82) is 0 Å². The molecule has 0 fully saturated rings. The maximum atomic E-state index is 9.76. The van der Waals surface area contributed by atoms with E-state index in [2.05, 4.69) is 30.9 Å². The second kappa shape index (κ2) is 11.9. The lowest BCUT2D eigenvalue weighted by Gasteiger charge is -2.08. The lowest BCUT2D eigenvalue weighted by Crippen LogP contribution is -1.97. The topological polar surface area (TPSA) is 131 Å². The minimum Gasteiger partial charge on any atom is -0.507 e. The summed E-state index contributed by atoms with van der Waals surface area (Å²) in [7, 11) is 0. The number of hydrogen-bond donors (Lipinski definition) is 3. The molecule has 0 aliphatic carbocycles. The predicted molar refractivity (Wildman–Crippen MR) is 155 cm³/mol. The zero-order valence-electron chi connectivity index (χ0n) is 21.6. The van der Waals surface area contributed by atoms with Crippen LogP contribution in [-0.2, 0) is 6.61 Å². The van der Waals surface area contributed by atoms with E-state index >= 15 is 0 Å². The number of nitrogens with zero attached hydrogens (tertiary/aromatic N) is 4. The normalized spacial score (nSPS) is 10.6. The first kappa shape index (κ1) is 25.4. The van der Waals surface area contributed by atoms with Crippen molar-refractivity contribution in [3.63, 3.8) is 0 Å². The lowest BCUT2D eigenvalue weighted by atomic mass is 10.2. The maximum absolute atomic E-state index is 9.76. The van der Waals surface area contributed by atoms with Gasteiger partial charge in [0.05, 0.1) is 23.8 Å². The number of rotatable bonds is 7. The molecule has 7 rings (SSSR count). The van der Waals surface area contributed by atoms with Crippen molar-refractivity contribution in [3.8, 4) is 11.5 Å². The Morgan fingerprint density at radius 3 is 1.88 bits per heavy atom. The first-order chi connectivity index (χ1) is 20.2. The smallest absolute Gasteiger partial charge is 0.185 e. The molecule has 10 heteroatoms. The minimum atomic E-state index is 0.134. The minimum absolute atomic E-state index is 0.134. The number of anilines is 4. The molecule has 0 radical (unpaired) electrons. The number of ether oxygens (including phenoxy) is 1. The van der Waals surface area contributed by atoms with Gasteiger partial charge in [-0.05, 0) is 54.1 Å². The monoisotopic (exact) mass is 544 g/mol. The van der Waals surface area contributed by atoms with Crippen molar-refractivity contribution >= 4 is 44.9 Å². The van der Waals surface area contributed by atoms with Gasteiger partial charge in [-0.25, -0.2) is 0 Å². The number of aromatic nitrogens is 4. The predicted octanol–water partition coefficient (Wildman–Crippen LogP) is 7.22. The van der Waals surface area contributed by atoms with Crippen molar-refractivity contribution in [2.45, 2.75) is 6.61 Å². The number of phenols is 1. The third kappa shape index (κ3) is 5.91. The molecule has 4 heterocycles. The Morgan fingerprint density at radius 2 is 1.24 bits per heavy atom. The summed E-state index contributed by atoms with van der Waals surface area (Å²) in [5, 5.41) is 25.4. The van der Waals surface area contributed by atoms with Crippen LogP contribution in [-0.4, -0.2) is 25.4 Å². The molecule has 0 unspecified atom stereocenters. The Balaban J connectivity index is 0.000000156. The molecule has 7 aromatic rings. The Labute approximate surface area is 234 Å². The highest BCUT2D eigenvalue weighted by atomic mass is 16.5. The van der Waals surface area contributed by atoms with Gasteiger partial charge in [-0.15, -0.1) is 0 Å². The number of aromatic hydroxyl groups is 1. The van der Waals surface area contributed by atoms with Crippen molar-refractivity contribution in [3.05, 3.63) is 121 Å². The van der Waals surface area contributed by atoms with Crippen LogP contribution in [0.25, 0.3) is 21.9 Å². The summed E-state index contributed by atoms with van der Waals surface area (Å²) >= 11 is 0. The van der Waals surface area contributed by atoms with Gasteiger partial charge in [0.15, 0.2) is 22.8 Å². The lowest BCUT2D eigenvalue weighted by molar-refractivity contribution is 0.310. The number of nitrogens with one attached hydrogen (secondary N) is 2. The molecule has 0 aliphatic rings. The largest absolute Gasteiger partial charge is 0.507 e. The van der Waals surface area contributed by atoms with Crippen LogP contribution in [0.4, 0.5) is 23.0 Å². The van der Waals surface area contributed by atoms with E-state index in [1.807, 2.05) is 72.8 Å². The number of hydrogen-bond acceptors (Lipinski definition) is 10. The molecule has 0 saturated heterocycles. The number of benzene rings is 3. The molecule has 0 spiro atoms. The van der Waals surface area contributed by atoms with Crippen molar-refractivity contribution < 1.29 is 18.9 Å². The average molecular weight is 545 g/mol. The Kier molecular flexibility index (Phi) is 7.35. The SMILES string of the molecule is Oc1cccc2onc(Nc3cccnc3)c12.c1ccc(COc2cccc3onc(Nc4cccnc4)c23)cc1. The van der Waals surface area contributed by atoms with Gasteiger partial charge in [-0.2, -0.15) is 0 Å². The highest BCUT2D eigenvalue weighted by molar-refractivity contribution is 5.95. The maximum Gasteiger partial charge on any atom is 0.185 e. The first-order valence-electron chi connectivity index (χ1n) is 12.7. The average Bonchev–Trinajstić information content (AvgIpc) is 3.63. The van der Waals surface area contributed by atoms with Crippen molar-refractivity contribution in [2.75, 3.05) is 10.6 Å². The van der Waals surface area contributed by atoms with Crippen molar-refractivity contribution in [1.82, 2.24) is 20.3 Å². The Morgan fingerprint density at radius 1 is 0.634 bits per heavy atom. The molecule has 41 heavy (non-hydrogen) atoms. The molecule has 0 atom stereocenters. The number of fused-ring (bicyclic) bond motifs is 2. The fourth-order valence-electron chi connectivity index (χ4n) is 4.11. The molecule has 0 bridgehead atoms. The van der Waals surface area contributed by atoms with Crippen LogP contribution >= 0.6 is 0 Å². The van der Waals surface area contributed by atoms with E-state index in [0.29, 0.717) is 34.8 Å². The number of phenolic OH excluding ortho intramolecular Hbond substituents is 1. The van der Waals surface area contributed by atoms with Crippen LogP contribution in [0.3, 0.4) is 0 Å². The standard InChI is InChI=1S/C19H15N3O2.C12H9N3O2/c1-2-6-14(7-3-1)13-23-16-9-4-10-17-18(16)19(22-24-17)21-15-8-5-11-20-12-15;16-9-4-1-5-10-11(9)12(15-17-10)14-8-3-2-6-13-7-8/h1-12H,13H2,(H,21,22);1-7,16H,(H,14,15). The van der Waals surface area contributed by atoms with E-state index in [-0.39, 0.29) is 5.75 Å². The van der Waals surface area contributed by atoms with Gasteiger partial charge >= 0.3 is 0 Å². The van der Waals surface area contributed by atoms with Gasteiger partial charge in [0, 0.05) is 12.4 Å². The summed E-state index contributed by atoms with van der Waals surface area (Å²) in [6.45, 7) is 0.484. The number of pyridine rings is 2. The summed E-state index contributed by atoms with van der Waals surface area (Å²) in [5.74, 6) is 1.95. The van der Waals surface area contributed by atoms with E-state index in [4.69, 9.17) is 13.8 Å². The third-order valence-electron chi connectivity index (χ3n) is 6.02. The molecule has 3 N–H and O–H groups in total. The van der Waals surface area contributed by atoms with Gasteiger partial charge < -0.3 is 29.5 Å². The fraction of sp³-hybridized carbons (Fsp3) is 0.0323. The Hall–Kier alpha value is -5.90. The van der Waals surface area contributed by atoms with Gasteiger partial charge in [-0.1, -0.05) is 52.8 Å². The molecular weight excluding hydrogens is 520 g/mol. The van der Waals surface area contributed by atoms with Crippen LogP contribution in [0.2, 0.25) is 0 Å². The highest BCUT2D eigenvalue weighted by Gasteiger charge is 2.14. The molecule has 3 aromatic carbocycles. The fourth-order valence-corrected chi connectivity index (χ4v) is 4.11. The van der Waals surface area contributed by atoms with Crippen LogP contribution in [0.1, 0.15) is 5.56 Å². The van der Waals surface area contributed by atoms with Crippen LogP contribution < -0.4 is 15.4 Å². The summed E-state index contributed by atoms with van der Waals surface area (Å²) in [5.41, 5.74) is 3.94. The summed E-state index contributed by atoms with van der Waals surface area (Å²) in [6, 6.07) is 28.2. The molecule has 0 saturated carbocycles. The molecular formula is C31H24N6O4. The molecule has 0 aliphatic heterocycles. The zero-order valence-corrected chi connectivity index (χ0v) is 21.6. The quantitative estimate of drug-likeness (QED) is 0.189. The van der Waals surface area contributed by atoms with E-state index < -0.39 is 0 Å².